The molecule has 1 aromatic rings. The quantitative estimate of drug-likeness (QED) is 0.666. The average Bonchev–Trinajstić information content (AvgIpc) is 2.49. The minimum Gasteiger partial charge on any atom is -0.348 e. The molecule has 0 heterocycles. The fourth-order valence-electron chi connectivity index (χ4n) is 2.13. The van der Waals surface area contributed by atoms with E-state index in [9.17, 15) is 14.0 Å². The maximum Gasteiger partial charge on any atom is 0.313 e. The number of anilines is 1. The number of nitrogens with one attached hydrogen (secondary N) is 2. The van der Waals surface area contributed by atoms with E-state index in [0.29, 0.717) is 12.5 Å². The molecule has 0 bridgehead atoms. The van der Waals surface area contributed by atoms with Crippen LogP contribution in [0.15, 0.2) is 30.4 Å². The minimum absolute atomic E-state index is 0.0809. The molecule has 1 aliphatic carbocycles. The monoisotopic (exact) mass is 310 g/mol. The van der Waals surface area contributed by atoms with Crippen molar-refractivity contribution in [2.45, 2.75) is 19.3 Å². The van der Waals surface area contributed by atoms with Crippen molar-refractivity contribution in [3.63, 3.8) is 0 Å². The normalized spacial score (nSPS) is 17.3. The van der Waals surface area contributed by atoms with Crippen molar-refractivity contribution in [1.29, 1.82) is 0 Å². The van der Waals surface area contributed by atoms with E-state index in [1.165, 1.54) is 12.1 Å². The summed E-state index contributed by atoms with van der Waals surface area (Å²) in [5, 5.41) is 5.06. The maximum atomic E-state index is 13.1. The fraction of sp³-hybridized carbons (Fsp3) is 0.333. The summed E-state index contributed by atoms with van der Waals surface area (Å²) in [5.41, 5.74) is 0.0809. The molecule has 2 amide bonds. The van der Waals surface area contributed by atoms with Crippen LogP contribution in [0.25, 0.3) is 0 Å². The zero-order valence-electron chi connectivity index (χ0n) is 11.4. The summed E-state index contributed by atoms with van der Waals surface area (Å²) in [4.78, 5) is 23.4. The number of carbonyl (C=O) groups is 2. The van der Waals surface area contributed by atoms with Gasteiger partial charge in [-0.05, 0) is 43.4 Å². The van der Waals surface area contributed by atoms with Gasteiger partial charge < -0.3 is 10.6 Å². The predicted molar refractivity (Wildman–Crippen MR) is 79.5 cm³/mol. The summed E-state index contributed by atoms with van der Waals surface area (Å²) in [5.74, 6) is -1.78. The molecule has 2 rings (SSSR count). The van der Waals surface area contributed by atoms with Gasteiger partial charge in [-0.1, -0.05) is 23.8 Å². The van der Waals surface area contributed by atoms with Gasteiger partial charge in [0.25, 0.3) is 0 Å². The van der Waals surface area contributed by atoms with E-state index in [2.05, 4.69) is 22.8 Å². The second-order valence-electron chi connectivity index (χ2n) is 4.94. The van der Waals surface area contributed by atoms with E-state index in [4.69, 9.17) is 11.6 Å². The number of amides is 2. The van der Waals surface area contributed by atoms with Crippen LogP contribution in [0.3, 0.4) is 0 Å². The van der Waals surface area contributed by atoms with Crippen molar-refractivity contribution in [2.24, 2.45) is 5.92 Å². The lowest BCUT2D eigenvalue weighted by atomic mass is 9.94. The van der Waals surface area contributed by atoms with Gasteiger partial charge in [-0.3, -0.25) is 9.59 Å². The standard InChI is InChI=1S/C15H16ClFN2O2/c16-12-7-6-11(17)8-13(12)19-15(21)14(20)18-9-10-4-2-1-3-5-10/h1-2,6-8,10H,3-5,9H2,(H,18,20)(H,19,21)/t10-/m0/s1. The minimum atomic E-state index is -0.853. The van der Waals surface area contributed by atoms with Crippen LogP contribution in [0.5, 0.6) is 0 Å². The Bertz CT molecular complexity index is 575. The van der Waals surface area contributed by atoms with Gasteiger partial charge in [0.2, 0.25) is 0 Å². The predicted octanol–water partition coefficient (Wildman–Crippen LogP) is 2.89. The Hall–Kier alpha value is -1.88. The molecular weight excluding hydrogens is 295 g/mol. The van der Waals surface area contributed by atoms with Crippen LogP contribution in [0, 0.1) is 11.7 Å². The highest BCUT2D eigenvalue weighted by atomic mass is 35.5. The third-order valence-corrected chi connectivity index (χ3v) is 3.64. The SMILES string of the molecule is O=C(NC[C@H]1CC=CCC1)C(=O)Nc1cc(F)ccc1Cl. The first-order valence-electron chi connectivity index (χ1n) is 6.75. The third kappa shape index (κ3) is 4.56. The molecule has 1 atom stereocenters. The first-order chi connectivity index (χ1) is 10.1. The molecule has 2 N–H and O–H groups in total. The van der Waals surface area contributed by atoms with Gasteiger partial charge in [0.1, 0.15) is 5.82 Å². The van der Waals surface area contributed by atoms with E-state index >= 15 is 0 Å². The Morgan fingerprint density at radius 3 is 2.81 bits per heavy atom. The van der Waals surface area contributed by atoms with Crippen molar-refractivity contribution in [3.8, 4) is 0 Å². The van der Waals surface area contributed by atoms with Gasteiger partial charge in [-0.2, -0.15) is 0 Å². The Kier molecular flexibility index (Phi) is 5.33. The Morgan fingerprint density at radius 1 is 1.29 bits per heavy atom. The zero-order valence-corrected chi connectivity index (χ0v) is 12.1. The largest absolute Gasteiger partial charge is 0.348 e. The first kappa shape index (κ1) is 15.5. The van der Waals surface area contributed by atoms with Crippen LogP contribution in [0.1, 0.15) is 19.3 Å². The molecule has 21 heavy (non-hydrogen) atoms. The first-order valence-corrected chi connectivity index (χ1v) is 7.13. The number of carbonyl (C=O) groups excluding carboxylic acids is 2. The molecule has 4 nitrogen and oxygen atoms in total. The molecule has 112 valence electrons. The summed E-state index contributed by atoms with van der Waals surface area (Å²) < 4.78 is 13.1. The lowest BCUT2D eigenvalue weighted by Gasteiger charge is -2.17. The van der Waals surface area contributed by atoms with Gasteiger partial charge >= 0.3 is 11.8 Å². The molecule has 1 aliphatic rings. The highest BCUT2D eigenvalue weighted by Crippen LogP contribution is 2.22. The molecule has 1 aromatic carbocycles. The molecule has 0 aliphatic heterocycles. The van der Waals surface area contributed by atoms with Crippen LogP contribution in [0.4, 0.5) is 10.1 Å². The molecular formula is C15H16ClFN2O2. The second-order valence-corrected chi connectivity index (χ2v) is 5.35. The van der Waals surface area contributed by atoms with Crippen molar-refractivity contribution >= 4 is 29.1 Å². The summed E-state index contributed by atoms with van der Waals surface area (Å²) in [6.07, 6.45) is 7.07. The highest BCUT2D eigenvalue weighted by molar-refractivity contribution is 6.41. The van der Waals surface area contributed by atoms with Crippen LogP contribution in [0.2, 0.25) is 5.02 Å². The average molecular weight is 311 g/mol. The molecule has 0 fully saturated rings. The maximum absolute atomic E-state index is 13.1. The number of hydrogen-bond acceptors (Lipinski definition) is 2. The van der Waals surface area contributed by atoms with E-state index in [1.54, 1.807) is 0 Å². The van der Waals surface area contributed by atoms with Gasteiger partial charge in [-0.25, -0.2) is 4.39 Å². The number of allylic oxidation sites excluding steroid dienone is 2. The van der Waals surface area contributed by atoms with Crippen molar-refractivity contribution < 1.29 is 14.0 Å². The zero-order chi connectivity index (χ0) is 15.2. The van der Waals surface area contributed by atoms with E-state index in [-0.39, 0.29) is 10.7 Å². The topological polar surface area (TPSA) is 58.2 Å². The van der Waals surface area contributed by atoms with Gasteiger partial charge in [-0.15, -0.1) is 0 Å². The molecule has 0 aromatic heterocycles. The van der Waals surface area contributed by atoms with Gasteiger partial charge in [0.15, 0.2) is 0 Å². The highest BCUT2D eigenvalue weighted by Gasteiger charge is 2.17. The van der Waals surface area contributed by atoms with Crippen LogP contribution < -0.4 is 10.6 Å². The third-order valence-electron chi connectivity index (χ3n) is 3.31. The van der Waals surface area contributed by atoms with Gasteiger partial charge in [0.05, 0.1) is 10.7 Å². The molecule has 0 radical (unpaired) electrons. The molecule has 0 saturated carbocycles. The Labute approximate surface area is 127 Å². The fourth-order valence-corrected chi connectivity index (χ4v) is 2.30. The smallest absolute Gasteiger partial charge is 0.313 e. The summed E-state index contributed by atoms with van der Waals surface area (Å²) in [6, 6.07) is 3.56. The van der Waals surface area contributed by atoms with E-state index in [0.717, 1.165) is 25.3 Å². The van der Waals surface area contributed by atoms with Crippen LogP contribution in [-0.2, 0) is 9.59 Å². The van der Waals surface area contributed by atoms with E-state index < -0.39 is 17.6 Å². The number of benzene rings is 1. The number of halogens is 2. The summed E-state index contributed by atoms with van der Waals surface area (Å²) in [7, 11) is 0. The van der Waals surface area contributed by atoms with Crippen molar-refractivity contribution in [3.05, 3.63) is 41.2 Å². The number of rotatable bonds is 3. The lowest BCUT2D eigenvalue weighted by Crippen LogP contribution is -2.38. The van der Waals surface area contributed by atoms with Gasteiger partial charge in [0, 0.05) is 6.54 Å². The number of hydrogen-bond donors (Lipinski definition) is 2. The van der Waals surface area contributed by atoms with Crippen molar-refractivity contribution in [2.75, 3.05) is 11.9 Å². The molecule has 6 heteroatoms. The molecule has 0 spiro atoms. The molecule has 0 unspecified atom stereocenters. The summed E-state index contributed by atoms with van der Waals surface area (Å²) in [6.45, 7) is 0.452. The van der Waals surface area contributed by atoms with Crippen LogP contribution >= 0.6 is 11.6 Å². The van der Waals surface area contributed by atoms with E-state index in [1.807, 2.05) is 0 Å². The van der Waals surface area contributed by atoms with Crippen LogP contribution in [-0.4, -0.2) is 18.4 Å². The Morgan fingerprint density at radius 2 is 2.10 bits per heavy atom. The van der Waals surface area contributed by atoms with Crippen molar-refractivity contribution in [1.82, 2.24) is 5.32 Å². The Balaban J connectivity index is 1.86. The lowest BCUT2D eigenvalue weighted by molar-refractivity contribution is -0.136. The second kappa shape index (κ2) is 7.22. The summed E-state index contributed by atoms with van der Waals surface area (Å²) >= 11 is 5.82. The molecule has 0 saturated heterocycles.